The molecule has 1 aromatic carbocycles. The second kappa shape index (κ2) is 7.16. The van der Waals surface area contributed by atoms with Crippen LogP contribution >= 0.6 is 0 Å². The molecule has 0 aliphatic rings. The molecule has 0 aromatic heterocycles. The van der Waals surface area contributed by atoms with Gasteiger partial charge in [-0.15, -0.1) is 0 Å². The van der Waals surface area contributed by atoms with Crippen molar-refractivity contribution in [2.75, 3.05) is 6.54 Å². The molecule has 0 spiro atoms. The van der Waals surface area contributed by atoms with Gasteiger partial charge in [0.15, 0.2) is 0 Å². The first-order valence-corrected chi connectivity index (χ1v) is 7.57. The molecule has 1 aromatic rings. The lowest BCUT2D eigenvalue weighted by atomic mass is 9.83. The lowest BCUT2D eigenvalue weighted by molar-refractivity contribution is -0.137. The Kier molecular flexibility index (Phi) is 6.03. The molecule has 0 unspecified atom stereocenters. The van der Waals surface area contributed by atoms with E-state index in [0.29, 0.717) is 12.1 Å². The molecule has 124 valence electrons. The van der Waals surface area contributed by atoms with Gasteiger partial charge in [0.25, 0.3) is 0 Å². The predicted molar refractivity (Wildman–Crippen MR) is 81.6 cm³/mol. The second-order valence-corrected chi connectivity index (χ2v) is 6.19. The number of carbonyl (C=O) groups is 1. The van der Waals surface area contributed by atoms with E-state index in [1.165, 1.54) is 6.07 Å². The van der Waals surface area contributed by atoms with Gasteiger partial charge in [0.2, 0.25) is 5.91 Å². The Morgan fingerprint density at radius 3 is 2.18 bits per heavy atom. The smallest absolute Gasteiger partial charge is 0.355 e. The Hall–Kier alpha value is -1.52. The Labute approximate surface area is 130 Å². The van der Waals surface area contributed by atoms with Gasteiger partial charge in [0.1, 0.15) is 0 Å². The minimum atomic E-state index is -4.36. The maximum Gasteiger partial charge on any atom is 0.416 e. The van der Waals surface area contributed by atoms with Crippen LogP contribution in [0.3, 0.4) is 0 Å². The maximum atomic E-state index is 12.8. The first kappa shape index (κ1) is 18.5. The fourth-order valence-electron chi connectivity index (χ4n) is 2.33. The highest BCUT2D eigenvalue weighted by molar-refractivity contribution is 5.78. The molecule has 0 atom stereocenters. The first-order valence-electron chi connectivity index (χ1n) is 7.57. The molecule has 22 heavy (non-hydrogen) atoms. The lowest BCUT2D eigenvalue weighted by Crippen LogP contribution is -2.39. The van der Waals surface area contributed by atoms with E-state index in [4.69, 9.17) is 0 Å². The van der Waals surface area contributed by atoms with Crippen molar-refractivity contribution in [3.8, 4) is 0 Å². The molecule has 1 N–H and O–H groups in total. The van der Waals surface area contributed by atoms with Gasteiger partial charge in [-0.25, -0.2) is 0 Å². The van der Waals surface area contributed by atoms with Crippen molar-refractivity contribution in [1.29, 1.82) is 0 Å². The summed E-state index contributed by atoms with van der Waals surface area (Å²) in [5.74, 6) is -0.0811. The number of rotatable bonds is 6. The van der Waals surface area contributed by atoms with Crippen LogP contribution in [0.5, 0.6) is 0 Å². The minimum absolute atomic E-state index is 0.0370. The zero-order valence-corrected chi connectivity index (χ0v) is 13.6. The van der Waals surface area contributed by atoms with E-state index >= 15 is 0 Å². The molecule has 0 saturated carbocycles. The maximum absolute atomic E-state index is 12.8. The number of carbonyl (C=O) groups excluding carboxylic acids is 1. The van der Waals surface area contributed by atoms with Gasteiger partial charge in [-0.3, -0.25) is 4.79 Å². The highest BCUT2D eigenvalue weighted by atomic mass is 19.4. The Bertz CT molecular complexity index is 505. The fraction of sp³-hybridized carbons (Fsp3) is 0.588. The molecule has 0 bridgehead atoms. The van der Waals surface area contributed by atoms with Gasteiger partial charge < -0.3 is 5.32 Å². The predicted octanol–water partition coefficient (Wildman–Crippen LogP) is 4.54. The number of hydrogen-bond acceptors (Lipinski definition) is 1. The van der Waals surface area contributed by atoms with E-state index in [9.17, 15) is 18.0 Å². The molecule has 5 heteroatoms. The number of hydrogen-bond donors (Lipinski definition) is 1. The number of amides is 1. The van der Waals surface area contributed by atoms with Crippen molar-refractivity contribution in [3.05, 3.63) is 35.4 Å². The molecule has 0 radical (unpaired) electrons. The normalized spacial score (nSPS) is 12.5. The van der Waals surface area contributed by atoms with Crippen LogP contribution in [0, 0.1) is 5.92 Å². The summed E-state index contributed by atoms with van der Waals surface area (Å²) in [7, 11) is 0. The fourth-order valence-corrected chi connectivity index (χ4v) is 2.33. The average Bonchev–Trinajstić information content (AvgIpc) is 2.46. The average molecular weight is 315 g/mol. The summed E-state index contributed by atoms with van der Waals surface area (Å²) < 4.78 is 38.4. The summed E-state index contributed by atoms with van der Waals surface area (Å²) in [5, 5.41) is 2.86. The van der Waals surface area contributed by atoms with E-state index < -0.39 is 17.2 Å². The van der Waals surface area contributed by atoms with E-state index in [-0.39, 0.29) is 11.8 Å². The van der Waals surface area contributed by atoms with Crippen molar-refractivity contribution < 1.29 is 18.0 Å². The number of nitrogens with one attached hydrogen (secondary N) is 1. The van der Waals surface area contributed by atoms with Gasteiger partial charge in [0.05, 0.1) is 5.56 Å². The third kappa shape index (κ3) is 4.75. The summed E-state index contributed by atoms with van der Waals surface area (Å²) in [5.41, 5.74) is -0.667. The third-order valence-corrected chi connectivity index (χ3v) is 4.03. The molecule has 1 amide bonds. The van der Waals surface area contributed by atoms with E-state index in [1.54, 1.807) is 6.07 Å². The van der Waals surface area contributed by atoms with Crippen LogP contribution in [0.2, 0.25) is 0 Å². The topological polar surface area (TPSA) is 29.1 Å². The first-order chi connectivity index (χ1) is 10.1. The van der Waals surface area contributed by atoms with Crippen molar-refractivity contribution in [1.82, 2.24) is 5.32 Å². The van der Waals surface area contributed by atoms with Crippen LogP contribution < -0.4 is 5.32 Å². The van der Waals surface area contributed by atoms with Gasteiger partial charge in [-0.05, 0) is 24.5 Å². The minimum Gasteiger partial charge on any atom is -0.355 e. The van der Waals surface area contributed by atoms with Gasteiger partial charge >= 0.3 is 6.18 Å². The second-order valence-electron chi connectivity index (χ2n) is 6.19. The monoisotopic (exact) mass is 315 g/mol. The van der Waals surface area contributed by atoms with E-state index in [1.807, 2.05) is 27.7 Å². The Morgan fingerprint density at radius 2 is 1.68 bits per heavy atom. The van der Waals surface area contributed by atoms with Gasteiger partial charge in [-0.1, -0.05) is 45.9 Å². The molecule has 0 saturated heterocycles. The Morgan fingerprint density at radius 1 is 1.14 bits per heavy atom. The summed E-state index contributed by atoms with van der Waals surface area (Å²) in [6.45, 7) is 7.87. The summed E-state index contributed by atoms with van der Waals surface area (Å²) in [4.78, 5) is 12.0. The van der Waals surface area contributed by atoms with Crippen LogP contribution in [-0.4, -0.2) is 12.5 Å². The van der Waals surface area contributed by atoms with Crippen LogP contribution in [0.1, 0.15) is 51.7 Å². The van der Waals surface area contributed by atoms with Gasteiger partial charge in [-0.2, -0.15) is 13.2 Å². The van der Waals surface area contributed by atoms with Crippen molar-refractivity contribution in [2.45, 2.75) is 52.1 Å². The molecule has 2 nitrogen and oxygen atoms in total. The zero-order valence-electron chi connectivity index (χ0n) is 13.6. The molecule has 0 fully saturated rings. The lowest BCUT2D eigenvalue weighted by Gasteiger charge is -2.27. The molecule has 0 aliphatic carbocycles. The van der Waals surface area contributed by atoms with Crippen LogP contribution in [-0.2, 0) is 16.4 Å². The highest BCUT2D eigenvalue weighted by Crippen LogP contribution is 2.32. The zero-order chi connectivity index (χ0) is 17.0. The van der Waals surface area contributed by atoms with Crippen LogP contribution in [0.15, 0.2) is 24.3 Å². The largest absolute Gasteiger partial charge is 0.416 e. The number of benzene rings is 1. The standard InChI is InChI=1S/C17H24F3NO/c1-5-12(6-2)15(22)21-11-16(3,4)13-8-7-9-14(10-13)17(18,19)20/h7-10,12H,5-6,11H2,1-4H3,(H,21,22). The summed E-state index contributed by atoms with van der Waals surface area (Å²) in [6, 6.07) is 5.28. The Balaban J connectivity index is 2.84. The van der Waals surface area contributed by atoms with Crippen molar-refractivity contribution in [3.63, 3.8) is 0 Å². The number of halogens is 3. The van der Waals surface area contributed by atoms with Crippen molar-refractivity contribution in [2.24, 2.45) is 5.92 Å². The number of alkyl halides is 3. The van der Waals surface area contributed by atoms with Crippen molar-refractivity contribution >= 4 is 5.91 Å². The summed E-state index contributed by atoms with van der Waals surface area (Å²) in [6.07, 6.45) is -2.84. The molecule has 0 aliphatic heterocycles. The SMILES string of the molecule is CCC(CC)C(=O)NCC(C)(C)c1cccc(C(F)(F)F)c1. The molecule has 0 heterocycles. The molecular weight excluding hydrogens is 291 g/mol. The van der Waals surface area contributed by atoms with Crippen LogP contribution in [0.25, 0.3) is 0 Å². The highest BCUT2D eigenvalue weighted by Gasteiger charge is 2.32. The summed E-state index contributed by atoms with van der Waals surface area (Å²) >= 11 is 0. The molecule has 1 rings (SSSR count). The van der Waals surface area contributed by atoms with E-state index in [0.717, 1.165) is 25.0 Å². The third-order valence-electron chi connectivity index (χ3n) is 4.03. The molecular formula is C17H24F3NO. The quantitative estimate of drug-likeness (QED) is 0.820. The van der Waals surface area contributed by atoms with Crippen LogP contribution in [0.4, 0.5) is 13.2 Å². The van der Waals surface area contributed by atoms with E-state index in [2.05, 4.69) is 5.32 Å². The van der Waals surface area contributed by atoms with Gasteiger partial charge in [0, 0.05) is 17.9 Å².